The average molecular weight is 225 g/mol. The van der Waals surface area contributed by atoms with Crippen LogP contribution in [-0.4, -0.2) is 22.8 Å². The summed E-state index contributed by atoms with van der Waals surface area (Å²) in [6.07, 6.45) is 0. The molecule has 0 fully saturated rings. The van der Waals surface area contributed by atoms with Crippen LogP contribution in [0, 0.1) is 6.92 Å². The second-order valence-corrected chi connectivity index (χ2v) is 4.20. The number of carbonyl (C=O) groups is 1. The number of fused-ring (bicyclic) bond motifs is 1. The molecule has 0 saturated heterocycles. The summed E-state index contributed by atoms with van der Waals surface area (Å²) in [4.78, 5) is 17.7. The Morgan fingerprint density at radius 2 is 2.40 bits per heavy atom. The van der Waals surface area contributed by atoms with Gasteiger partial charge in [0.05, 0.1) is 17.7 Å². The molecule has 0 bridgehead atoms. The second-order valence-electron chi connectivity index (χ2n) is 3.17. The standard InChI is InChI=1S/C9H11N3O2S/c1-5-6-4-7(8(13)11-14-3)15-9(6)12(2)10-5/h4H,1-3H3,(H,11,13). The van der Waals surface area contributed by atoms with Crippen LogP contribution >= 0.6 is 11.3 Å². The van der Waals surface area contributed by atoms with Crippen molar-refractivity contribution in [3.63, 3.8) is 0 Å². The molecule has 2 rings (SSSR count). The molecule has 15 heavy (non-hydrogen) atoms. The molecule has 6 heteroatoms. The zero-order chi connectivity index (χ0) is 11.0. The van der Waals surface area contributed by atoms with Gasteiger partial charge in [0.25, 0.3) is 5.91 Å². The Bertz CT molecular complexity index is 480. The normalized spacial score (nSPS) is 10.9. The molecular formula is C9H11N3O2S. The van der Waals surface area contributed by atoms with Crippen molar-refractivity contribution in [2.24, 2.45) is 7.05 Å². The molecule has 2 aromatic heterocycles. The lowest BCUT2D eigenvalue weighted by Crippen LogP contribution is -2.20. The summed E-state index contributed by atoms with van der Waals surface area (Å²) in [5.74, 6) is -0.224. The molecule has 0 aliphatic rings. The first-order chi connectivity index (χ1) is 7.13. The van der Waals surface area contributed by atoms with E-state index < -0.39 is 0 Å². The highest BCUT2D eigenvalue weighted by molar-refractivity contribution is 7.20. The minimum atomic E-state index is -0.224. The minimum Gasteiger partial charge on any atom is -0.277 e. The fourth-order valence-electron chi connectivity index (χ4n) is 1.46. The van der Waals surface area contributed by atoms with Crippen molar-refractivity contribution in [2.75, 3.05) is 7.11 Å². The number of nitrogens with one attached hydrogen (secondary N) is 1. The molecule has 1 amide bonds. The molecule has 80 valence electrons. The number of rotatable bonds is 2. The Morgan fingerprint density at radius 1 is 1.67 bits per heavy atom. The fraction of sp³-hybridized carbons (Fsp3) is 0.333. The van der Waals surface area contributed by atoms with E-state index in [0.29, 0.717) is 4.88 Å². The van der Waals surface area contributed by atoms with Crippen LogP contribution in [0.15, 0.2) is 6.07 Å². The van der Waals surface area contributed by atoms with Gasteiger partial charge < -0.3 is 0 Å². The van der Waals surface area contributed by atoms with Gasteiger partial charge in [-0.05, 0) is 13.0 Å². The van der Waals surface area contributed by atoms with Crippen molar-refractivity contribution in [2.45, 2.75) is 6.92 Å². The third kappa shape index (κ3) is 1.62. The molecule has 0 atom stereocenters. The van der Waals surface area contributed by atoms with E-state index in [1.165, 1.54) is 18.4 Å². The molecule has 0 radical (unpaired) electrons. The Hall–Kier alpha value is -1.40. The lowest BCUT2D eigenvalue weighted by atomic mass is 10.3. The highest BCUT2D eigenvalue weighted by Gasteiger charge is 2.14. The topological polar surface area (TPSA) is 56.1 Å². The van der Waals surface area contributed by atoms with E-state index >= 15 is 0 Å². The maximum atomic E-state index is 11.5. The molecule has 2 aromatic rings. The summed E-state index contributed by atoms with van der Waals surface area (Å²) in [5, 5.41) is 5.28. The molecule has 0 aliphatic carbocycles. The van der Waals surface area contributed by atoms with Crippen LogP contribution in [0.4, 0.5) is 0 Å². The van der Waals surface area contributed by atoms with Crippen molar-refractivity contribution < 1.29 is 9.63 Å². The average Bonchev–Trinajstić information content (AvgIpc) is 2.70. The van der Waals surface area contributed by atoms with Gasteiger partial charge in [-0.1, -0.05) is 0 Å². The van der Waals surface area contributed by atoms with Crippen LogP contribution in [0.25, 0.3) is 10.2 Å². The number of carbonyl (C=O) groups excluding carboxylic acids is 1. The molecule has 5 nitrogen and oxygen atoms in total. The van der Waals surface area contributed by atoms with Gasteiger partial charge in [0.15, 0.2) is 0 Å². The van der Waals surface area contributed by atoms with Crippen molar-refractivity contribution in [1.29, 1.82) is 0 Å². The fourth-order valence-corrected chi connectivity index (χ4v) is 2.47. The minimum absolute atomic E-state index is 0.224. The van der Waals surface area contributed by atoms with E-state index in [4.69, 9.17) is 0 Å². The first kappa shape index (κ1) is 10.1. The van der Waals surface area contributed by atoms with Crippen LogP contribution in [-0.2, 0) is 11.9 Å². The Labute approximate surface area is 90.6 Å². The third-order valence-corrected chi connectivity index (χ3v) is 3.32. The summed E-state index contributed by atoms with van der Waals surface area (Å²) in [5.41, 5.74) is 3.22. The Morgan fingerprint density at radius 3 is 3.00 bits per heavy atom. The maximum absolute atomic E-state index is 11.5. The van der Waals surface area contributed by atoms with Gasteiger partial charge in [0.2, 0.25) is 0 Å². The lowest BCUT2D eigenvalue weighted by molar-refractivity contribution is 0.0542. The monoisotopic (exact) mass is 225 g/mol. The van der Waals surface area contributed by atoms with Crippen LogP contribution in [0.1, 0.15) is 15.4 Å². The number of hydrogen-bond acceptors (Lipinski definition) is 4. The number of thiophene rings is 1. The summed E-state index contributed by atoms with van der Waals surface area (Å²) in [6, 6.07) is 1.83. The van der Waals surface area contributed by atoms with E-state index in [1.807, 2.05) is 20.0 Å². The molecule has 0 aliphatic heterocycles. The van der Waals surface area contributed by atoms with Crippen LogP contribution in [0.2, 0.25) is 0 Å². The van der Waals surface area contributed by atoms with Gasteiger partial charge in [-0.25, -0.2) is 5.48 Å². The zero-order valence-corrected chi connectivity index (χ0v) is 9.51. The van der Waals surface area contributed by atoms with E-state index in [-0.39, 0.29) is 5.91 Å². The van der Waals surface area contributed by atoms with Gasteiger partial charge in [0.1, 0.15) is 4.83 Å². The Kier molecular flexibility index (Phi) is 2.45. The second kappa shape index (κ2) is 3.63. The summed E-state index contributed by atoms with van der Waals surface area (Å²) in [7, 11) is 3.28. The van der Waals surface area contributed by atoms with Crippen LogP contribution in [0.3, 0.4) is 0 Å². The van der Waals surface area contributed by atoms with E-state index in [0.717, 1.165) is 15.9 Å². The van der Waals surface area contributed by atoms with Crippen molar-refractivity contribution >= 4 is 27.5 Å². The van der Waals surface area contributed by atoms with Gasteiger partial charge in [0, 0.05) is 12.4 Å². The lowest BCUT2D eigenvalue weighted by Gasteiger charge is -1.97. The number of nitrogens with zero attached hydrogens (tertiary/aromatic N) is 2. The molecule has 0 saturated carbocycles. The van der Waals surface area contributed by atoms with E-state index in [1.54, 1.807) is 4.68 Å². The van der Waals surface area contributed by atoms with Gasteiger partial charge in [-0.3, -0.25) is 14.3 Å². The van der Waals surface area contributed by atoms with Crippen molar-refractivity contribution in [1.82, 2.24) is 15.3 Å². The summed E-state index contributed by atoms with van der Waals surface area (Å²) >= 11 is 1.40. The largest absolute Gasteiger partial charge is 0.284 e. The van der Waals surface area contributed by atoms with Gasteiger partial charge in [-0.15, -0.1) is 11.3 Å². The number of aromatic nitrogens is 2. The molecule has 2 heterocycles. The smallest absolute Gasteiger partial charge is 0.277 e. The number of aryl methyl sites for hydroxylation is 2. The number of hydroxylamine groups is 1. The first-order valence-corrected chi connectivity index (χ1v) is 5.21. The van der Waals surface area contributed by atoms with Crippen molar-refractivity contribution in [3.8, 4) is 0 Å². The summed E-state index contributed by atoms with van der Waals surface area (Å²) < 4.78 is 1.78. The van der Waals surface area contributed by atoms with Crippen LogP contribution < -0.4 is 5.48 Å². The molecular weight excluding hydrogens is 214 g/mol. The molecule has 0 aromatic carbocycles. The first-order valence-electron chi connectivity index (χ1n) is 4.40. The third-order valence-electron chi connectivity index (χ3n) is 2.11. The van der Waals surface area contributed by atoms with E-state index in [2.05, 4.69) is 15.4 Å². The number of hydrogen-bond donors (Lipinski definition) is 1. The zero-order valence-electron chi connectivity index (χ0n) is 8.70. The number of amides is 1. The predicted octanol–water partition coefficient (Wildman–Crippen LogP) is 1.23. The molecule has 0 spiro atoms. The quantitative estimate of drug-likeness (QED) is 0.782. The highest BCUT2D eigenvalue weighted by Crippen LogP contribution is 2.27. The molecule has 0 unspecified atom stereocenters. The maximum Gasteiger partial charge on any atom is 0.284 e. The predicted molar refractivity (Wildman–Crippen MR) is 57.8 cm³/mol. The van der Waals surface area contributed by atoms with Crippen LogP contribution in [0.5, 0.6) is 0 Å². The molecule has 1 N–H and O–H groups in total. The highest BCUT2D eigenvalue weighted by atomic mass is 32.1. The van der Waals surface area contributed by atoms with Crippen molar-refractivity contribution in [3.05, 3.63) is 16.6 Å². The van der Waals surface area contributed by atoms with Gasteiger partial charge >= 0.3 is 0 Å². The summed E-state index contributed by atoms with van der Waals surface area (Å²) in [6.45, 7) is 1.92. The van der Waals surface area contributed by atoms with E-state index in [9.17, 15) is 4.79 Å². The Balaban J connectivity index is 2.47. The SMILES string of the molecule is CONC(=O)c1cc2c(C)nn(C)c2s1. The van der Waals surface area contributed by atoms with Gasteiger partial charge in [-0.2, -0.15) is 5.10 Å².